The first-order chi connectivity index (χ1) is 9.45. The van der Waals surface area contributed by atoms with Gasteiger partial charge in [0.1, 0.15) is 6.29 Å². The number of ether oxygens (including phenoxy) is 2. The maximum atomic E-state index is 11.0. The third-order valence-corrected chi connectivity index (χ3v) is 3.98. The molecule has 0 radical (unpaired) electrons. The smallest absolute Gasteiger partial charge is 0.122 e. The van der Waals surface area contributed by atoms with E-state index < -0.39 is 5.60 Å². The molecule has 0 amide bonds. The number of aldehydes is 1. The van der Waals surface area contributed by atoms with Crippen LogP contribution in [0.4, 0.5) is 0 Å². The van der Waals surface area contributed by atoms with Crippen molar-refractivity contribution in [1.82, 2.24) is 0 Å². The fraction of sp³-hybridized carbons (Fsp3) is 0.588. The molecule has 0 spiro atoms. The summed E-state index contributed by atoms with van der Waals surface area (Å²) in [6.45, 7) is 6.69. The molecule has 3 heteroatoms. The molecular formula is C17H24O3. The SMILES string of the molecule is CC1(C)CC[C@H](OCc2ccccc2)[C@](C)(CC=O)O1. The second-order valence-corrected chi connectivity index (χ2v) is 6.37. The van der Waals surface area contributed by atoms with Crippen LogP contribution in [0.3, 0.4) is 0 Å². The van der Waals surface area contributed by atoms with Gasteiger partial charge >= 0.3 is 0 Å². The van der Waals surface area contributed by atoms with Gasteiger partial charge in [-0.05, 0) is 39.2 Å². The van der Waals surface area contributed by atoms with Gasteiger partial charge < -0.3 is 14.3 Å². The number of benzene rings is 1. The minimum atomic E-state index is -0.529. The summed E-state index contributed by atoms with van der Waals surface area (Å²) in [4.78, 5) is 11.0. The summed E-state index contributed by atoms with van der Waals surface area (Å²) >= 11 is 0. The molecule has 0 saturated carbocycles. The van der Waals surface area contributed by atoms with Gasteiger partial charge in [-0.2, -0.15) is 0 Å². The highest BCUT2D eigenvalue weighted by atomic mass is 16.6. The highest BCUT2D eigenvalue weighted by Crippen LogP contribution is 2.38. The molecule has 2 atom stereocenters. The summed E-state index contributed by atoms with van der Waals surface area (Å²) in [7, 11) is 0. The summed E-state index contributed by atoms with van der Waals surface area (Å²) in [6.07, 6.45) is 3.13. The second-order valence-electron chi connectivity index (χ2n) is 6.37. The summed E-state index contributed by atoms with van der Waals surface area (Å²) < 4.78 is 12.2. The molecule has 1 aliphatic rings. The first-order valence-electron chi connectivity index (χ1n) is 7.24. The maximum absolute atomic E-state index is 11.0. The van der Waals surface area contributed by atoms with Crippen LogP contribution in [0.5, 0.6) is 0 Å². The van der Waals surface area contributed by atoms with Crippen LogP contribution in [0.15, 0.2) is 30.3 Å². The molecule has 1 aliphatic heterocycles. The zero-order valence-electron chi connectivity index (χ0n) is 12.6. The Kier molecular flexibility index (Phi) is 4.61. The standard InChI is InChI=1S/C17H24O3/c1-16(2)10-9-15(17(3,20-16)11-12-18)19-13-14-7-5-4-6-8-14/h4-8,12,15H,9-11,13H2,1-3H3/t15-,17-/m0/s1. The van der Waals surface area contributed by atoms with Gasteiger partial charge in [0.2, 0.25) is 0 Å². The van der Waals surface area contributed by atoms with Gasteiger partial charge in [-0.25, -0.2) is 0 Å². The number of hydrogen-bond acceptors (Lipinski definition) is 3. The third-order valence-electron chi connectivity index (χ3n) is 3.98. The van der Waals surface area contributed by atoms with Gasteiger partial charge in [-0.15, -0.1) is 0 Å². The Labute approximate surface area is 121 Å². The first-order valence-corrected chi connectivity index (χ1v) is 7.24. The lowest BCUT2D eigenvalue weighted by molar-refractivity contribution is -0.231. The third kappa shape index (κ3) is 3.68. The molecule has 1 fully saturated rings. The lowest BCUT2D eigenvalue weighted by Gasteiger charge is -2.47. The molecule has 0 aromatic heterocycles. The summed E-state index contributed by atoms with van der Waals surface area (Å²) in [6, 6.07) is 10.1. The minimum Gasteiger partial charge on any atom is -0.371 e. The van der Waals surface area contributed by atoms with Crippen molar-refractivity contribution in [3.8, 4) is 0 Å². The highest BCUT2D eigenvalue weighted by Gasteiger charge is 2.45. The van der Waals surface area contributed by atoms with Crippen LogP contribution < -0.4 is 0 Å². The molecule has 1 heterocycles. The van der Waals surface area contributed by atoms with E-state index in [4.69, 9.17) is 9.47 Å². The molecule has 0 bridgehead atoms. The number of carbonyl (C=O) groups excluding carboxylic acids is 1. The van der Waals surface area contributed by atoms with Crippen LogP contribution in [0.25, 0.3) is 0 Å². The Hall–Kier alpha value is -1.19. The molecule has 0 aliphatic carbocycles. The van der Waals surface area contributed by atoms with Crippen molar-refractivity contribution in [3.05, 3.63) is 35.9 Å². The zero-order valence-corrected chi connectivity index (χ0v) is 12.6. The lowest BCUT2D eigenvalue weighted by atomic mass is 9.83. The molecular weight excluding hydrogens is 252 g/mol. The van der Waals surface area contributed by atoms with E-state index in [0.717, 1.165) is 24.7 Å². The highest BCUT2D eigenvalue weighted by molar-refractivity contribution is 5.51. The van der Waals surface area contributed by atoms with E-state index in [0.29, 0.717) is 13.0 Å². The Bertz CT molecular complexity index is 441. The minimum absolute atomic E-state index is 0.0408. The van der Waals surface area contributed by atoms with E-state index in [1.165, 1.54) is 0 Å². The van der Waals surface area contributed by atoms with Crippen molar-refractivity contribution in [2.75, 3.05) is 0 Å². The number of carbonyl (C=O) groups is 1. The Morgan fingerprint density at radius 3 is 2.65 bits per heavy atom. The van der Waals surface area contributed by atoms with Gasteiger partial charge in [0.15, 0.2) is 0 Å². The molecule has 3 nitrogen and oxygen atoms in total. The first kappa shape index (κ1) is 15.2. The topological polar surface area (TPSA) is 35.5 Å². The van der Waals surface area contributed by atoms with Crippen molar-refractivity contribution in [3.63, 3.8) is 0 Å². The average Bonchev–Trinajstić information content (AvgIpc) is 2.38. The molecule has 20 heavy (non-hydrogen) atoms. The van der Waals surface area contributed by atoms with E-state index in [9.17, 15) is 4.79 Å². The average molecular weight is 276 g/mol. The lowest BCUT2D eigenvalue weighted by Crippen LogP contribution is -2.53. The fourth-order valence-corrected chi connectivity index (χ4v) is 2.90. The number of rotatable bonds is 5. The largest absolute Gasteiger partial charge is 0.371 e. The quantitative estimate of drug-likeness (QED) is 0.772. The molecule has 1 aromatic carbocycles. The van der Waals surface area contributed by atoms with Gasteiger partial charge in [-0.1, -0.05) is 30.3 Å². The zero-order chi connectivity index (χ0) is 14.6. The van der Waals surface area contributed by atoms with E-state index in [1.54, 1.807) is 0 Å². The molecule has 1 aromatic rings. The van der Waals surface area contributed by atoms with Crippen molar-refractivity contribution >= 4 is 6.29 Å². The van der Waals surface area contributed by atoms with Gasteiger partial charge in [0.25, 0.3) is 0 Å². The van der Waals surface area contributed by atoms with Crippen LogP contribution in [0, 0.1) is 0 Å². The van der Waals surface area contributed by atoms with Crippen molar-refractivity contribution in [2.24, 2.45) is 0 Å². The monoisotopic (exact) mass is 276 g/mol. The van der Waals surface area contributed by atoms with Crippen molar-refractivity contribution < 1.29 is 14.3 Å². The van der Waals surface area contributed by atoms with Gasteiger partial charge in [-0.3, -0.25) is 0 Å². The van der Waals surface area contributed by atoms with Crippen molar-refractivity contribution in [1.29, 1.82) is 0 Å². The molecule has 1 saturated heterocycles. The Balaban J connectivity index is 2.03. The van der Waals surface area contributed by atoms with Crippen LogP contribution in [-0.4, -0.2) is 23.6 Å². The molecule has 110 valence electrons. The predicted octanol–water partition coefficient (Wildman–Crippen LogP) is 3.51. The normalized spacial score (nSPS) is 29.1. The van der Waals surface area contributed by atoms with Crippen LogP contribution in [-0.2, 0) is 20.9 Å². The van der Waals surface area contributed by atoms with Crippen LogP contribution >= 0.6 is 0 Å². The van der Waals surface area contributed by atoms with E-state index in [2.05, 4.69) is 13.8 Å². The number of hydrogen-bond donors (Lipinski definition) is 0. The van der Waals surface area contributed by atoms with Crippen LogP contribution in [0.2, 0.25) is 0 Å². The Morgan fingerprint density at radius 2 is 2.00 bits per heavy atom. The second kappa shape index (κ2) is 6.06. The summed E-state index contributed by atoms with van der Waals surface area (Å²) in [5.74, 6) is 0. The van der Waals surface area contributed by atoms with Gasteiger partial charge in [0.05, 0.1) is 23.9 Å². The van der Waals surface area contributed by atoms with E-state index in [1.807, 2.05) is 37.3 Å². The van der Waals surface area contributed by atoms with E-state index in [-0.39, 0.29) is 11.7 Å². The maximum Gasteiger partial charge on any atom is 0.122 e. The summed E-state index contributed by atoms with van der Waals surface area (Å²) in [5.41, 5.74) is 0.425. The predicted molar refractivity (Wildman–Crippen MR) is 78.5 cm³/mol. The van der Waals surface area contributed by atoms with Gasteiger partial charge in [0, 0.05) is 6.42 Å². The Morgan fingerprint density at radius 1 is 1.30 bits per heavy atom. The van der Waals surface area contributed by atoms with Crippen molar-refractivity contribution in [2.45, 2.75) is 63.9 Å². The fourth-order valence-electron chi connectivity index (χ4n) is 2.90. The molecule has 2 rings (SSSR count). The molecule has 0 unspecified atom stereocenters. The van der Waals surface area contributed by atoms with E-state index >= 15 is 0 Å². The summed E-state index contributed by atoms with van der Waals surface area (Å²) in [5, 5.41) is 0. The molecule has 0 N–H and O–H groups in total. The van der Waals surface area contributed by atoms with Crippen LogP contribution in [0.1, 0.15) is 45.6 Å².